The van der Waals surface area contributed by atoms with E-state index in [0.717, 1.165) is 64.3 Å². The Kier molecular flexibility index (Phi) is 31.3. The van der Waals surface area contributed by atoms with Gasteiger partial charge in [0.25, 0.3) is 0 Å². The average molecular weight is 863 g/mol. The summed E-state index contributed by atoms with van der Waals surface area (Å²) in [5.41, 5.74) is -1.34. The molecule has 0 saturated heterocycles. The predicted octanol–water partition coefficient (Wildman–Crippen LogP) is 12.7. The molecule has 0 aromatic carbocycles. The molecule has 0 radical (unpaired) electrons. The van der Waals surface area contributed by atoms with Crippen LogP contribution in [0.2, 0.25) is 0 Å². The fourth-order valence-corrected chi connectivity index (χ4v) is 8.87. The third-order valence-electron chi connectivity index (χ3n) is 12.5. The summed E-state index contributed by atoms with van der Waals surface area (Å²) in [5, 5.41) is 2.85. The maximum Gasteiger partial charge on any atom is 0.407 e. The van der Waals surface area contributed by atoms with Crippen molar-refractivity contribution in [1.82, 2.24) is 10.2 Å². The number of nitrogens with zero attached hydrogens (tertiary/aromatic N) is 1. The second-order valence-corrected chi connectivity index (χ2v) is 19.6. The van der Waals surface area contributed by atoms with Crippen LogP contribution in [-0.4, -0.2) is 81.0 Å². The summed E-state index contributed by atoms with van der Waals surface area (Å²) in [7, 11) is 3.91. The number of unbranched alkanes of at least 4 members (excludes halogenated alkanes) is 16. The van der Waals surface area contributed by atoms with Crippen LogP contribution < -0.4 is 5.32 Å². The monoisotopic (exact) mass is 863 g/mol. The maximum absolute atomic E-state index is 13.7. The molecule has 1 aliphatic carbocycles. The van der Waals surface area contributed by atoms with Crippen LogP contribution in [0.25, 0.3) is 0 Å². The van der Waals surface area contributed by atoms with Crippen LogP contribution in [-0.2, 0) is 33.3 Å². The van der Waals surface area contributed by atoms with E-state index in [0.29, 0.717) is 32.2 Å². The Morgan fingerprint density at radius 2 is 1.16 bits per heavy atom. The first-order valence-corrected chi connectivity index (χ1v) is 24.9. The van der Waals surface area contributed by atoms with Crippen molar-refractivity contribution >= 4 is 24.0 Å². The van der Waals surface area contributed by atoms with E-state index in [2.05, 4.69) is 52.1 Å². The summed E-state index contributed by atoms with van der Waals surface area (Å²) >= 11 is 0. The first-order chi connectivity index (χ1) is 29.1. The molecular weight excluding hydrogens is 769 g/mol. The average Bonchev–Trinajstić information content (AvgIpc) is 3.54. The zero-order valence-electron chi connectivity index (χ0n) is 40.9. The minimum atomic E-state index is -0.835. The number of likely N-dealkylation sites (N-methyl/N-ethyl adjacent to an activating group) is 1. The summed E-state index contributed by atoms with van der Waals surface area (Å²) < 4.78 is 23.9. The molecule has 356 valence electrons. The molecule has 10 nitrogen and oxygen atoms in total. The molecule has 0 aromatic heterocycles. The van der Waals surface area contributed by atoms with Crippen LogP contribution in [0.5, 0.6) is 0 Å². The molecule has 1 N–H and O–H groups in total. The van der Waals surface area contributed by atoms with Gasteiger partial charge in [-0.05, 0) is 84.2 Å². The number of ether oxygens (including phenoxy) is 4. The SMILES string of the molecule is CC/C=C\CC1C(CC(=O)OC(C)(C)CC(C)(C)C(COC(=O)CCCCCCCCCCC)COC(=O)CCCCCCCCCCC)CCC1OC(=O)NCCN(C)C. The summed E-state index contributed by atoms with van der Waals surface area (Å²) in [6.45, 7) is 16.1. The van der Waals surface area contributed by atoms with Crippen molar-refractivity contribution in [1.29, 1.82) is 0 Å². The van der Waals surface area contributed by atoms with Crippen molar-refractivity contribution in [2.75, 3.05) is 40.4 Å². The molecule has 1 aliphatic rings. The van der Waals surface area contributed by atoms with Gasteiger partial charge < -0.3 is 29.2 Å². The highest BCUT2D eigenvalue weighted by atomic mass is 16.6. The smallest absolute Gasteiger partial charge is 0.407 e. The summed E-state index contributed by atoms with van der Waals surface area (Å²) in [5.74, 6) is -0.944. The number of carbonyl (C=O) groups is 4. The van der Waals surface area contributed by atoms with E-state index in [9.17, 15) is 19.2 Å². The Morgan fingerprint density at radius 1 is 0.672 bits per heavy atom. The molecular formula is C51H94N2O8. The quantitative estimate of drug-likeness (QED) is 0.0282. The van der Waals surface area contributed by atoms with Crippen LogP contribution in [0.1, 0.15) is 215 Å². The Hall–Kier alpha value is -2.62. The minimum absolute atomic E-state index is 0.0225. The lowest BCUT2D eigenvalue weighted by molar-refractivity contribution is -0.163. The lowest BCUT2D eigenvalue weighted by Crippen LogP contribution is -2.41. The summed E-state index contributed by atoms with van der Waals surface area (Å²) in [4.78, 5) is 54.2. The van der Waals surface area contributed by atoms with Crippen LogP contribution >= 0.6 is 0 Å². The first-order valence-electron chi connectivity index (χ1n) is 24.9. The van der Waals surface area contributed by atoms with Gasteiger partial charge in [-0.2, -0.15) is 0 Å². The molecule has 1 amide bonds. The van der Waals surface area contributed by atoms with Crippen molar-refractivity contribution < 1.29 is 38.1 Å². The van der Waals surface area contributed by atoms with Gasteiger partial charge >= 0.3 is 24.0 Å². The zero-order valence-corrected chi connectivity index (χ0v) is 40.9. The molecule has 1 rings (SSSR count). The number of nitrogens with one attached hydrogen (secondary N) is 1. The molecule has 0 bridgehead atoms. The summed E-state index contributed by atoms with van der Waals surface area (Å²) in [6.07, 6.45) is 29.4. The Balaban J connectivity index is 2.86. The Morgan fingerprint density at radius 3 is 1.64 bits per heavy atom. The Labute approximate surface area is 374 Å². The number of hydrogen-bond donors (Lipinski definition) is 1. The largest absolute Gasteiger partial charge is 0.465 e. The number of rotatable bonds is 37. The number of allylic oxidation sites excluding steroid dienone is 2. The molecule has 61 heavy (non-hydrogen) atoms. The lowest BCUT2D eigenvalue weighted by Gasteiger charge is -2.39. The van der Waals surface area contributed by atoms with Crippen LogP contribution in [0.4, 0.5) is 4.79 Å². The number of hydrogen-bond acceptors (Lipinski definition) is 9. The van der Waals surface area contributed by atoms with Gasteiger partial charge in [0.2, 0.25) is 0 Å². The van der Waals surface area contributed by atoms with Gasteiger partial charge in [0.05, 0.1) is 13.2 Å². The number of alkyl carbamates (subject to hydrolysis) is 1. The van der Waals surface area contributed by atoms with Crippen molar-refractivity contribution in [2.24, 2.45) is 23.2 Å². The van der Waals surface area contributed by atoms with E-state index in [1.807, 2.05) is 32.8 Å². The molecule has 3 atom stereocenters. The second-order valence-electron chi connectivity index (χ2n) is 19.6. The molecule has 0 heterocycles. The van der Waals surface area contributed by atoms with Gasteiger partial charge in [-0.3, -0.25) is 14.4 Å². The minimum Gasteiger partial charge on any atom is -0.465 e. The highest BCUT2D eigenvalue weighted by Gasteiger charge is 2.42. The van der Waals surface area contributed by atoms with Gasteiger partial charge in [0, 0.05) is 44.2 Å². The highest BCUT2D eigenvalue weighted by Crippen LogP contribution is 2.41. The van der Waals surface area contributed by atoms with Gasteiger partial charge in [0.15, 0.2) is 0 Å². The van der Waals surface area contributed by atoms with E-state index in [-0.39, 0.29) is 61.4 Å². The molecule has 0 spiro atoms. The van der Waals surface area contributed by atoms with Crippen LogP contribution in [0.15, 0.2) is 12.2 Å². The third-order valence-corrected chi connectivity index (χ3v) is 12.5. The molecule has 0 aliphatic heterocycles. The van der Waals surface area contributed by atoms with Crippen molar-refractivity contribution in [3.63, 3.8) is 0 Å². The highest BCUT2D eigenvalue weighted by molar-refractivity contribution is 5.71. The van der Waals surface area contributed by atoms with Crippen molar-refractivity contribution in [2.45, 2.75) is 227 Å². The van der Waals surface area contributed by atoms with Crippen LogP contribution in [0, 0.1) is 23.2 Å². The molecule has 0 aromatic rings. The summed E-state index contributed by atoms with van der Waals surface area (Å²) in [6, 6.07) is 0. The topological polar surface area (TPSA) is 120 Å². The standard InChI is InChI=1S/C51H94N2O8/c1-10-13-16-18-20-22-24-26-29-32-46(54)58-39-43(40-59-47(55)33-30-27-25-23-21-19-17-14-11-2)50(4,5)41-51(6,7)61-48(56)38-42-34-35-45(44(42)31-28-15-12-3)60-49(57)52-36-37-53(8)9/h15,28,42-45H,10-14,16-27,29-41H2,1-9H3,(H,52,57)/b28-15-. The van der Waals surface area contributed by atoms with E-state index in [1.54, 1.807) is 0 Å². The lowest BCUT2D eigenvalue weighted by atomic mass is 9.72. The fraction of sp³-hybridized carbons (Fsp3) is 0.882. The predicted molar refractivity (Wildman–Crippen MR) is 249 cm³/mol. The third kappa shape index (κ3) is 28.6. The normalized spacial score (nSPS) is 17.0. The van der Waals surface area contributed by atoms with Gasteiger partial charge in [-0.15, -0.1) is 0 Å². The second kappa shape index (κ2) is 33.9. The van der Waals surface area contributed by atoms with E-state index in [1.165, 1.54) is 77.0 Å². The van der Waals surface area contributed by atoms with Crippen LogP contribution in [0.3, 0.4) is 0 Å². The number of esters is 3. The first kappa shape index (κ1) is 56.4. The Bertz CT molecular complexity index is 1160. The number of carbonyl (C=O) groups excluding carboxylic acids is 4. The van der Waals surface area contributed by atoms with Gasteiger partial charge in [-0.1, -0.05) is 150 Å². The zero-order chi connectivity index (χ0) is 45.4. The molecule has 1 fully saturated rings. The maximum atomic E-state index is 13.7. The van der Waals surface area contributed by atoms with Crippen molar-refractivity contribution in [3.05, 3.63) is 12.2 Å². The van der Waals surface area contributed by atoms with E-state index >= 15 is 0 Å². The number of amides is 1. The molecule has 10 heteroatoms. The van der Waals surface area contributed by atoms with E-state index in [4.69, 9.17) is 18.9 Å². The molecule has 3 unspecified atom stereocenters. The molecule has 1 saturated carbocycles. The van der Waals surface area contributed by atoms with E-state index < -0.39 is 17.1 Å². The fourth-order valence-electron chi connectivity index (χ4n) is 8.87. The van der Waals surface area contributed by atoms with Gasteiger partial charge in [0.1, 0.15) is 11.7 Å². The van der Waals surface area contributed by atoms with Gasteiger partial charge in [-0.25, -0.2) is 4.79 Å². The van der Waals surface area contributed by atoms with Crippen molar-refractivity contribution in [3.8, 4) is 0 Å².